The first kappa shape index (κ1) is 21.4. The first-order chi connectivity index (χ1) is 13.4. The monoisotopic (exact) mass is 437 g/mol. The lowest BCUT2D eigenvalue weighted by molar-refractivity contribution is -0.123. The van der Waals surface area contributed by atoms with Crippen LogP contribution in [-0.2, 0) is 31.3 Å². The van der Waals surface area contributed by atoms with Crippen LogP contribution in [0.2, 0.25) is 0 Å². The molecule has 2 heterocycles. The molecule has 1 amide bonds. The van der Waals surface area contributed by atoms with E-state index in [-0.39, 0.29) is 22.9 Å². The average Bonchev–Trinajstić information content (AvgIpc) is 2.83. The SMILES string of the molecule is CN(CCc1ccncc1)S(=O)(=O)c1ccc(N2C(=O)C(C)(C)CS2(=O)=O)cc1. The quantitative estimate of drug-likeness (QED) is 0.680. The second kappa shape index (κ2) is 7.51. The summed E-state index contributed by atoms with van der Waals surface area (Å²) in [4.78, 5) is 16.4. The number of hydrogen-bond acceptors (Lipinski definition) is 6. The number of pyridine rings is 1. The Labute approximate surface area is 171 Å². The van der Waals surface area contributed by atoms with E-state index in [0.29, 0.717) is 6.42 Å². The number of rotatable bonds is 6. The zero-order valence-electron chi connectivity index (χ0n) is 16.4. The maximum absolute atomic E-state index is 12.8. The molecule has 1 aromatic carbocycles. The van der Waals surface area contributed by atoms with Crippen molar-refractivity contribution in [3.63, 3.8) is 0 Å². The van der Waals surface area contributed by atoms with Crippen molar-refractivity contribution in [1.82, 2.24) is 9.29 Å². The van der Waals surface area contributed by atoms with E-state index in [1.54, 1.807) is 26.2 Å². The van der Waals surface area contributed by atoms with E-state index in [0.717, 1.165) is 9.87 Å². The van der Waals surface area contributed by atoms with Crippen LogP contribution in [0.5, 0.6) is 0 Å². The van der Waals surface area contributed by atoms with E-state index in [1.165, 1.54) is 35.6 Å². The number of anilines is 1. The second-order valence-electron chi connectivity index (χ2n) is 7.64. The topological polar surface area (TPSA) is 105 Å². The highest BCUT2D eigenvalue weighted by Gasteiger charge is 2.49. The summed E-state index contributed by atoms with van der Waals surface area (Å²) in [5.74, 6) is -0.807. The highest BCUT2D eigenvalue weighted by molar-refractivity contribution is 7.94. The largest absolute Gasteiger partial charge is 0.273 e. The Morgan fingerprint density at radius 2 is 1.69 bits per heavy atom. The maximum Gasteiger partial charge on any atom is 0.247 e. The number of amides is 1. The fourth-order valence-corrected chi connectivity index (χ4v) is 6.43. The van der Waals surface area contributed by atoms with Gasteiger partial charge in [-0.1, -0.05) is 0 Å². The average molecular weight is 438 g/mol. The highest BCUT2D eigenvalue weighted by Crippen LogP contribution is 2.36. The molecule has 0 atom stereocenters. The van der Waals surface area contributed by atoms with Gasteiger partial charge in [0, 0.05) is 26.0 Å². The predicted octanol–water partition coefficient (Wildman–Crippen LogP) is 1.65. The molecule has 156 valence electrons. The van der Waals surface area contributed by atoms with Gasteiger partial charge in [0.25, 0.3) is 0 Å². The molecule has 10 heteroatoms. The van der Waals surface area contributed by atoms with Crippen LogP contribution in [0.3, 0.4) is 0 Å². The molecule has 29 heavy (non-hydrogen) atoms. The molecule has 0 bridgehead atoms. The molecule has 0 aliphatic carbocycles. The van der Waals surface area contributed by atoms with Gasteiger partial charge in [0.05, 0.1) is 21.8 Å². The Balaban J connectivity index is 1.79. The normalized spacial score (nSPS) is 18.3. The zero-order chi connectivity index (χ0) is 21.4. The van der Waals surface area contributed by atoms with E-state index >= 15 is 0 Å². The first-order valence-electron chi connectivity index (χ1n) is 8.98. The van der Waals surface area contributed by atoms with Gasteiger partial charge in [-0.05, 0) is 62.2 Å². The van der Waals surface area contributed by atoms with E-state index in [4.69, 9.17) is 0 Å². The van der Waals surface area contributed by atoms with Crippen molar-refractivity contribution in [2.45, 2.75) is 25.2 Å². The van der Waals surface area contributed by atoms with Gasteiger partial charge in [-0.2, -0.15) is 0 Å². The summed E-state index contributed by atoms with van der Waals surface area (Å²) in [6, 6.07) is 8.98. The van der Waals surface area contributed by atoms with E-state index in [9.17, 15) is 21.6 Å². The number of hydrogen-bond donors (Lipinski definition) is 0. The molecule has 2 aromatic rings. The summed E-state index contributed by atoms with van der Waals surface area (Å²) in [5.41, 5.74) is 0.0910. The molecule has 0 N–H and O–H groups in total. The van der Waals surface area contributed by atoms with Gasteiger partial charge < -0.3 is 0 Å². The first-order valence-corrected chi connectivity index (χ1v) is 12.0. The van der Waals surface area contributed by atoms with Crippen LogP contribution in [0.15, 0.2) is 53.7 Å². The Morgan fingerprint density at radius 1 is 1.10 bits per heavy atom. The summed E-state index contributed by atoms with van der Waals surface area (Å²) < 4.78 is 52.3. The summed E-state index contributed by atoms with van der Waals surface area (Å²) >= 11 is 0. The molecule has 1 aliphatic heterocycles. The molecule has 1 fully saturated rings. The fraction of sp³-hybridized carbons (Fsp3) is 0.368. The number of carbonyl (C=O) groups is 1. The van der Waals surface area contributed by atoms with Gasteiger partial charge in [0.15, 0.2) is 0 Å². The van der Waals surface area contributed by atoms with Crippen molar-refractivity contribution < 1.29 is 21.6 Å². The van der Waals surface area contributed by atoms with Crippen LogP contribution in [0.1, 0.15) is 19.4 Å². The summed E-state index contributed by atoms with van der Waals surface area (Å²) in [6.45, 7) is 3.42. The van der Waals surface area contributed by atoms with Crippen LogP contribution < -0.4 is 4.31 Å². The van der Waals surface area contributed by atoms with Gasteiger partial charge in [-0.25, -0.2) is 25.4 Å². The van der Waals surface area contributed by atoms with Crippen LogP contribution in [0.25, 0.3) is 0 Å². The molecular formula is C19H23N3O5S2. The van der Waals surface area contributed by atoms with Gasteiger partial charge in [0.1, 0.15) is 0 Å². The van der Waals surface area contributed by atoms with Crippen molar-refractivity contribution in [2.75, 3.05) is 23.7 Å². The number of sulfonamides is 2. The number of likely N-dealkylation sites (N-methyl/N-ethyl adjacent to an activating group) is 1. The molecule has 0 radical (unpaired) electrons. The third kappa shape index (κ3) is 4.19. The number of benzene rings is 1. The van der Waals surface area contributed by atoms with Gasteiger partial charge in [-0.15, -0.1) is 0 Å². The fourth-order valence-electron chi connectivity index (χ4n) is 3.15. The van der Waals surface area contributed by atoms with Gasteiger partial charge in [-0.3, -0.25) is 9.78 Å². The van der Waals surface area contributed by atoms with Crippen molar-refractivity contribution in [2.24, 2.45) is 5.41 Å². The van der Waals surface area contributed by atoms with Crippen molar-refractivity contribution >= 4 is 31.6 Å². The Morgan fingerprint density at radius 3 is 2.21 bits per heavy atom. The molecule has 1 saturated heterocycles. The zero-order valence-corrected chi connectivity index (χ0v) is 18.1. The second-order valence-corrected chi connectivity index (χ2v) is 11.5. The minimum Gasteiger partial charge on any atom is -0.273 e. The van der Waals surface area contributed by atoms with E-state index < -0.39 is 31.4 Å². The van der Waals surface area contributed by atoms with Crippen molar-refractivity contribution in [3.05, 3.63) is 54.4 Å². The summed E-state index contributed by atoms with van der Waals surface area (Å²) in [6.07, 6.45) is 3.83. The lowest BCUT2D eigenvalue weighted by atomic mass is 9.95. The van der Waals surface area contributed by atoms with E-state index in [2.05, 4.69) is 4.98 Å². The van der Waals surface area contributed by atoms with Crippen molar-refractivity contribution in [1.29, 1.82) is 0 Å². The Kier molecular flexibility index (Phi) is 5.54. The van der Waals surface area contributed by atoms with Crippen LogP contribution in [-0.4, -0.2) is 51.4 Å². The number of nitrogens with zero attached hydrogens (tertiary/aromatic N) is 3. The molecular weight excluding hydrogens is 414 g/mol. The highest BCUT2D eigenvalue weighted by atomic mass is 32.2. The minimum absolute atomic E-state index is 0.0294. The minimum atomic E-state index is -3.78. The molecule has 1 aromatic heterocycles. The standard InChI is InChI=1S/C19H23N3O5S2/c1-19(2)14-28(24,25)22(18(19)23)16-4-6-17(7-5-16)29(26,27)21(3)13-10-15-8-11-20-12-9-15/h4-9,11-12H,10,13-14H2,1-3H3. The number of carbonyl (C=O) groups excluding carboxylic acids is 1. The van der Waals surface area contributed by atoms with Gasteiger partial charge in [0.2, 0.25) is 26.0 Å². The third-order valence-electron chi connectivity index (χ3n) is 4.83. The molecule has 8 nitrogen and oxygen atoms in total. The Hall–Kier alpha value is -2.30. The smallest absolute Gasteiger partial charge is 0.247 e. The van der Waals surface area contributed by atoms with Crippen LogP contribution in [0, 0.1) is 5.41 Å². The molecule has 3 rings (SSSR count). The third-order valence-corrected chi connectivity index (χ3v) is 8.72. The Bertz CT molecular complexity index is 1110. The summed E-state index contributed by atoms with van der Waals surface area (Å²) in [7, 11) is -6.04. The van der Waals surface area contributed by atoms with E-state index in [1.807, 2.05) is 12.1 Å². The predicted molar refractivity (Wildman–Crippen MR) is 109 cm³/mol. The van der Waals surface area contributed by atoms with Gasteiger partial charge >= 0.3 is 0 Å². The molecule has 0 unspecified atom stereocenters. The molecule has 1 aliphatic rings. The molecule has 0 spiro atoms. The maximum atomic E-state index is 12.8. The molecule has 0 saturated carbocycles. The number of aromatic nitrogens is 1. The lowest BCUT2D eigenvalue weighted by Gasteiger charge is -2.19. The van der Waals surface area contributed by atoms with Crippen LogP contribution in [0.4, 0.5) is 5.69 Å². The lowest BCUT2D eigenvalue weighted by Crippen LogP contribution is -2.33. The summed E-state index contributed by atoms with van der Waals surface area (Å²) in [5, 5.41) is 0. The van der Waals surface area contributed by atoms with Crippen LogP contribution >= 0.6 is 0 Å². The van der Waals surface area contributed by atoms with Crippen molar-refractivity contribution in [3.8, 4) is 0 Å².